The Morgan fingerprint density at radius 3 is 2.38 bits per heavy atom. The van der Waals surface area contributed by atoms with Crippen LogP contribution in [0.25, 0.3) is 0 Å². The SMILES string of the molecule is O=C1CC(Br)/C(=C\C(=O)C(Cl)(Cl)Cl)N1c1ccc(Br)cc1. The molecule has 0 radical (unpaired) electrons. The smallest absolute Gasteiger partial charge is 0.252 e. The van der Waals surface area contributed by atoms with Crippen LogP contribution in [-0.4, -0.2) is 20.3 Å². The third-order valence-electron chi connectivity index (χ3n) is 2.83. The first-order valence-corrected chi connectivity index (χ1v) is 8.59. The highest BCUT2D eigenvalue weighted by Gasteiger charge is 2.37. The van der Waals surface area contributed by atoms with Gasteiger partial charge in [0.2, 0.25) is 11.7 Å². The first kappa shape index (κ1) is 17.3. The van der Waals surface area contributed by atoms with Crippen molar-refractivity contribution in [3.05, 3.63) is 40.5 Å². The molecule has 1 unspecified atom stereocenters. The van der Waals surface area contributed by atoms with E-state index in [1.54, 1.807) is 24.3 Å². The first-order valence-electron chi connectivity index (χ1n) is 5.75. The highest BCUT2D eigenvalue weighted by molar-refractivity contribution is 9.10. The second-order valence-electron chi connectivity index (χ2n) is 4.31. The maximum absolute atomic E-state index is 12.1. The van der Waals surface area contributed by atoms with Gasteiger partial charge in [-0.25, -0.2) is 0 Å². The van der Waals surface area contributed by atoms with Crippen molar-refractivity contribution in [2.45, 2.75) is 15.0 Å². The number of nitrogens with zero attached hydrogens (tertiary/aromatic N) is 1. The summed E-state index contributed by atoms with van der Waals surface area (Å²) in [6.07, 6.45) is 1.42. The Kier molecular flexibility index (Phi) is 5.42. The van der Waals surface area contributed by atoms with Crippen LogP contribution in [0.4, 0.5) is 5.69 Å². The molecule has 1 saturated heterocycles. The maximum Gasteiger partial charge on any atom is 0.252 e. The normalized spacial score (nSPS) is 21.2. The van der Waals surface area contributed by atoms with Crippen LogP contribution in [0.3, 0.4) is 0 Å². The van der Waals surface area contributed by atoms with Crippen molar-refractivity contribution in [2.75, 3.05) is 4.90 Å². The van der Waals surface area contributed by atoms with Crippen molar-refractivity contribution in [3.63, 3.8) is 0 Å². The van der Waals surface area contributed by atoms with E-state index in [2.05, 4.69) is 31.9 Å². The fraction of sp³-hybridized carbons (Fsp3) is 0.231. The van der Waals surface area contributed by atoms with Crippen LogP contribution in [-0.2, 0) is 9.59 Å². The number of carbonyl (C=O) groups excluding carboxylic acids is 2. The van der Waals surface area contributed by atoms with Crippen molar-refractivity contribution >= 4 is 84.0 Å². The van der Waals surface area contributed by atoms with Gasteiger partial charge in [0.25, 0.3) is 3.79 Å². The number of halogens is 5. The van der Waals surface area contributed by atoms with E-state index in [1.165, 1.54) is 11.0 Å². The molecule has 0 spiro atoms. The number of hydrogen-bond acceptors (Lipinski definition) is 2. The van der Waals surface area contributed by atoms with Gasteiger partial charge in [-0.15, -0.1) is 0 Å². The standard InChI is InChI=1S/C13H8Br2Cl3NO2/c14-7-1-3-8(4-2-7)19-10(9(15)5-12(19)21)6-11(20)13(16,17)18/h1-4,6,9H,5H2/b10-6+. The minimum Gasteiger partial charge on any atom is -0.290 e. The number of rotatable bonds is 2. The molecule has 1 aromatic rings. The van der Waals surface area contributed by atoms with E-state index in [-0.39, 0.29) is 17.2 Å². The highest BCUT2D eigenvalue weighted by atomic mass is 79.9. The van der Waals surface area contributed by atoms with E-state index in [1.807, 2.05) is 0 Å². The molecule has 0 bridgehead atoms. The monoisotopic (exact) mass is 473 g/mol. The van der Waals surface area contributed by atoms with Crippen LogP contribution in [0.5, 0.6) is 0 Å². The predicted octanol–water partition coefficient (Wildman–Crippen LogP) is 4.77. The summed E-state index contributed by atoms with van der Waals surface area (Å²) in [7, 11) is 0. The van der Waals surface area contributed by atoms with Crippen molar-refractivity contribution < 1.29 is 9.59 Å². The average Bonchev–Trinajstić information content (AvgIpc) is 2.64. The summed E-state index contributed by atoms with van der Waals surface area (Å²) in [5.41, 5.74) is 1.10. The molecule has 3 nitrogen and oxygen atoms in total. The van der Waals surface area contributed by atoms with E-state index >= 15 is 0 Å². The van der Waals surface area contributed by atoms with Crippen molar-refractivity contribution in [2.24, 2.45) is 0 Å². The van der Waals surface area contributed by atoms with Crippen LogP contribution in [0.1, 0.15) is 6.42 Å². The number of carbonyl (C=O) groups is 2. The lowest BCUT2D eigenvalue weighted by Gasteiger charge is -2.20. The molecule has 1 fully saturated rings. The minimum atomic E-state index is -2.04. The first-order chi connectivity index (χ1) is 9.70. The van der Waals surface area contributed by atoms with Gasteiger partial charge in [-0.3, -0.25) is 14.5 Å². The molecular formula is C13H8Br2Cl3NO2. The zero-order valence-corrected chi connectivity index (χ0v) is 15.8. The molecule has 1 heterocycles. The van der Waals surface area contributed by atoms with Crippen LogP contribution >= 0.6 is 66.7 Å². The Bertz CT molecular complexity index is 611. The van der Waals surface area contributed by atoms with Crippen LogP contribution in [0.2, 0.25) is 0 Å². The van der Waals surface area contributed by atoms with Crippen molar-refractivity contribution in [3.8, 4) is 0 Å². The third kappa shape index (κ3) is 4.02. The van der Waals surface area contributed by atoms with E-state index in [0.29, 0.717) is 11.4 Å². The number of allylic oxidation sites excluding steroid dienone is 2. The van der Waals surface area contributed by atoms with E-state index in [0.717, 1.165) is 4.47 Å². The molecule has 1 aliphatic rings. The molecular weight excluding hydrogens is 468 g/mol. The summed E-state index contributed by atoms with van der Waals surface area (Å²) in [5.74, 6) is -0.827. The van der Waals surface area contributed by atoms with Gasteiger partial charge in [0.05, 0.1) is 4.83 Å². The molecule has 8 heteroatoms. The summed E-state index contributed by atoms with van der Waals surface area (Å²) in [6, 6.07) is 7.14. The van der Waals surface area contributed by atoms with Crippen LogP contribution in [0, 0.1) is 0 Å². The summed E-state index contributed by atoms with van der Waals surface area (Å²) in [4.78, 5) is 25.2. The maximum atomic E-state index is 12.1. The van der Waals surface area contributed by atoms with Gasteiger partial charge in [-0.05, 0) is 24.3 Å². The summed E-state index contributed by atoms with van der Waals surface area (Å²) >= 11 is 23.4. The zero-order valence-electron chi connectivity index (χ0n) is 10.3. The minimum absolute atomic E-state index is 0.137. The van der Waals surface area contributed by atoms with Gasteiger partial charge < -0.3 is 0 Å². The predicted molar refractivity (Wildman–Crippen MR) is 92.3 cm³/mol. The Labute approximate surface area is 153 Å². The third-order valence-corrected chi connectivity index (χ3v) is 4.71. The van der Waals surface area contributed by atoms with Gasteiger partial charge in [-0.1, -0.05) is 66.7 Å². The van der Waals surface area contributed by atoms with Gasteiger partial charge in [0, 0.05) is 28.4 Å². The molecule has 1 atom stereocenters. The molecule has 0 saturated carbocycles. The molecule has 1 aliphatic heterocycles. The summed E-state index contributed by atoms with van der Waals surface area (Å²) < 4.78 is -1.16. The number of anilines is 1. The molecule has 2 rings (SSSR count). The highest BCUT2D eigenvalue weighted by Crippen LogP contribution is 2.36. The van der Waals surface area contributed by atoms with Gasteiger partial charge in [0.1, 0.15) is 0 Å². The Hall–Kier alpha value is -0.0700. The molecule has 0 N–H and O–H groups in total. The number of alkyl halides is 4. The second-order valence-corrected chi connectivity index (χ2v) is 8.61. The van der Waals surface area contributed by atoms with Gasteiger partial charge in [0.15, 0.2) is 0 Å². The number of benzene rings is 1. The van der Waals surface area contributed by atoms with Crippen molar-refractivity contribution in [1.82, 2.24) is 0 Å². The Balaban J connectivity index is 2.42. The Morgan fingerprint density at radius 1 is 1.29 bits per heavy atom. The molecule has 1 aromatic carbocycles. The van der Waals surface area contributed by atoms with E-state index in [4.69, 9.17) is 34.8 Å². The van der Waals surface area contributed by atoms with Gasteiger partial charge in [-0.2, -0.15) is 0 Å². The lowest BCUT2D eigenvalue weighted by molar-refractivity contribution is -0.116. The topological polar surface area (TPSA) is 37.4 Å². The Morgan fingerprint density at radius 2 is 1.86 bits per heavy atom. The zero-order chi connectivity index (χ0) is 15.8. The fourth-order valence-electron chi connectivity index (χ4n) is 1.89. The van der Waals surface area contributed by atoms with Gasteiger partial charge >= 0.3 is 0 Å². The lowest BCUT2D eigenvalue weighted by Crippen LogP contribution is -2.25. The lowest BCUT2D eigenvalue weighted by atomic mass is 10.2. The van der Waals surface area contributed by atoms with E-state index in [9.17, 15) is 9.59 Å². The molecule has 0 aromatic heterocycles. The molecule has 112 valence electrons. The quantitative estimate of drug-likeness (QED) is 0.456. The second kappa shape index (κ2) is 6.59. The number of amides is 1. The van der Waals surface area contributed by atoms with Crippen LogP contribution in [0.15, 0.2) is 40.5 Å². The number of ketones is 1. The van der Waals surface area contributed by atoms with E-state index < -0.39 is 9.58 Å². The molecule has 0 aliphatic carbocycles. The molecule has 1 amide bonds. The largest absolute Gasteiger partial charge is 0.290 e. The fourth-order valence-corrected chi connectivity index (χ4v) is 2.93. The average molecular weight is 476 g/mol. The van der Waals surface area contributed by atoms with Crippen molar-refractivity contribution in [1.29, 1.82) is 0 Å². The van der Waals surface area contributed by atoms with Crippen LogP contribution < -0.4 is 4.90 Å². The molecule has 21 heavy (non-hydrogen) atoms. The number of hydrogen-bond donors (Lipinski definition) is 0. The summed E-state index contributed by atoms with van der Waals surface area (Å²) in [6.45, 7) is 0. The summed E-state index contributed by atoms with van der Waals surface area (Å²) in [5, 5.41) is 0.